The fourth-order valence-electron chi connectivity index (χ4n) is 3.12. The Morgan fingerprint density at radius 2 is 1.87 bits per heavy atom. The Labute approximate surface area is 178 Å². The number of nitrogens with one attached hydrogen (secondary N) is 1. The molecule has 0 saturated heterocycles. The van der Waals surface area contributed by atoms with Crippen LogP contribution in [-0.4, -0.2) is 22.2 Å². The summed E-state index contributed by atoms with van der Waals surface area (Å²) < 4.78 is 12.3. The number of para-hydroxylation sites is 1. The van der Waals surface area contributed by atoms with Crippen molar-refractivity contribution >= 4 is 28.5 Å². The normalized spacial score (nSPS) is 10.5. The number of anilines is 3. The third kappa shape index (κ3) is 3.97. The Morgan fingerprint density at radius 3 is 2.55 bits per heavy atom. The van der Waals surface area contributed by atoms with E-state index in [9.17, 15) is 10.1 Å². The van der Waals surface area contributed by atoms with E-state index in [2.05, 4.69) is 16.5 Å². The summed E-state index contributed by atoms with van der Waals surface area (Å²) in [7, 11) is 0. The molecule has 0 atom stereocenters. The topological polar surface area (TPSA) is 115 Å². The van der Waals surface area contributed by atoms with Crippen molar-refractivity contribution in [2.75, 3.05) is 17.7 Å². The van der Waals surface area contributed by atoms with Crippen molar-refractivity contribution in [3.8, 4) is 17.6 Å². The van der Waals surface area contributed by atoms with E-state index in [1.54, 1.807) is 6.92 Å². The maximum atomic E-state index is 12.2. The lowest BCUT2D eigenvalue weighted by Gasteiger charge is -2.12. The Hall–Kier alpha value is -4.51. The lowest BCUT2D eigenvalue weighted by molar-refractivity contribution is 0.0527. The Kier molecular flexibility index (Phi) is 5.41. The van der Waals surface area contributed by atoms with Crippen LogP contribution in [0.1, 0.15) is 22.8 Å². The molecule has 154 valence electrons. The van der Waals surface area contributed by atoms with Gasteiger partial charge >= 0.3 is 5.97 Å². The summed E-state index contributed by atoms with van der Waals surface area (Å²) in [5, 5.41) is 17.0. The molecule has 8 nitrogen and oxygen atoms in total. The van der Waals surface area contributed by atoms with Crippen molar-refractivity contribution in [1.82, 2.24) is 9.61 Å². The smallest absolute Gasteiger partial charge is 0.341 e. The van der Waals surface area contributed by atoms with Gasteiger partial charge in [-0.15, -0.1) is 0 Å². The SMILES string of the molecule is CCOC(=O)c1cn2ncc(C#N)c(Nc3ccc(Oc4ccccc4)cc3)c2c1N. The molecule has 0 unspecified atom stereocenters. The van der Waals surface area contributed by atoms with Crippen molar-refractivity contribution in [2.24, 2.45) is 0 Å². The van der Waals surface area contributed by atoms with Gasteiger partial charge in [-0.25, -0.2) is 9.31 Å². The molecular formula is C23H19N5O3. The first-order chi connectivity index (χ1) is 15.1. The van der Waals surface area contributed by atoms with Crippen LogP contribution in [0.3, 0.4) is 0 Å². The summed E-state index contributed by atoms with van der Waals surface area (Å²) in [4.78, 5) is 12.2. The van der Waals surface area contributed by atoms with Gasteiger partial charge < -0.3 is 20.5 Å². The fraction of sp³-hybridized carbons (Fsp3) is 0.0870. The molecule has 2 aromatic heterocycles. The third-order valence-electron chi connectivity index (χ3n) is 4.56. The highest BCUT2D eigenvalue weighted by Crippen LogP contribution is 2.33. The number of hydrogen-bond acceptors (Lipinski definition) is 7. The number of hydrogen-bond donors (Lipinski definition) is 2. The van der Waals surface area contributed by atoms with Crippen LogP contribution < -0.4 is 15.8 Å². The summed E-state index contributed by atoms with van der Waals surface area (Å²) in [5.41, 5.74) is 8.48. The highest BCUT2D eigenvalue weighted by molar-refractivity contribution is 6.03. The van der Waals surface area contributed by atoms with Crippen molar-refractivity contribution in [3.05, 3.63) is 78.1 Å². The summed E-state index contributed by atoms with van der Waals surface area (Å²) >= 11 is 0. The number of nitrogens with two attached hydrogens (primary N) is 1. The second-order valence-corrected chi connectivity index (χ2v) is 6.58. The van der Waals surface area contributed by atoms with Gasteiger partial charge in [0.1, 0.15) is 28.6 Å². The summed E-state index contributed by atoms with van der Waals surface area (Å²) in [6.07, 6.45) is 2.91. The predicted molar refractivity (Wildman–Crippen MR) is 117 cm³/mol. The van der Waals surface area contributed by atoms with E-state index >= 15 is 0 Å². The second-order valence-electron chi connectivity index (χ2n) is 6.58. The number of ether oxygens (including phenoxy) is 2. The number of esters is 1. The molecule has 2 heterocycles. The number of aromatic nitrogens is 2. The lowest BCUT2D eigenvalue weighted by Crippen LogP contribution is -2.06. The van der Waals surface area contributed by atoms with Crippen LogP contribution in [-0.2, 0) is 4.74 Å². The van der Waals surface area contributed by atoms with E-state index in [0.717, 1.165) is 5.75 Å². The zero-order chi connectivity index (χ0) is 21.8. The number of carbonyl (C=O) groups excluding carboxylic acids is 1. The van der Waals surface area contributed by atoms with Crippen LogP contribution >= 0.6 is 0 Å². The van der Waals surface area contributed by atoms with Gasteiger partial charge in [0.25, 0.3) is 0 Å². The Bertz CT molecular complexity index is 1270. The highest BCUT2D eigenvalue weighted by atomic mass is 16.5. The molecule has 0 amide bonds. The average molecular weight is 413 g/mol. The number of benzene rings is 2. The summed E-state index contributed by atoms with van der Waals surface area (Å²) in [5.74, 6) is 0.861. The highest BCUT2D eigenvalue weighted by Gasteiger charge is 2.21. The number of nitriles is 1. The zero-order valence-corrected chi connectivity index (χ0v) is 16.7. The van der Waals surface area contributed by atoms with E-state index in [0.29, 0.717) is 22.6 Å². The van der Waals surface area contributed by atoms with Crippen LogP contribution in [0.2, 0.25) is 0 Å². The molecule has 3 N–H and O–H groups in total. The van der Waals surface area contributed by atoms with E-state index in [1.165, 1.54) is 16.9 Å². The minimum absolute atomic E-state index is 0.189. The maximum absolute atomic E-state index is 12.2. The molecular weight excluding hydrogens is 394 g/mol. The summed E-state index contributed by atoms with van der Waals surface area (Å²) in [6.45, 7) is 1.94. The van der Waals surface area contributed by atoms with Crippen LogP contribution in [0.15, 0.2) is 67.0 Å². The molecule has 0 saturated carbocycles. The fourth-order valence-corrected chi connectivity index (χ4v) is 3.12. The molecule has 0 bridgehead atoms. The first-order valence-corrected chi connectivity index (χ1v) is 9.57. The molecule has 0 fully saturated rings. The number of rotatable bonds is 6. The predicted octanol–water partition coefficient (Wildman–Crippen LogP) is 4.50. The second kappa shape index (κ2) is 8.47. The first kappa shape index (κ1) is 19.8. The van der Waals surface area contributed by atoms with E-state index < -0.39 is 5.97 Å². The number of fused-ring (bicyclic) bond motifs is 1. The lowest BCUT2D eigenvalue weighted by atomic mass is 10.2. The van der Waals surface area contributed by atoms with Gasteiger partial charge in [-0.05, 0) is 43.3 Å². The van der Waals surface area contributed by atoms with Gasteiger partial charge in [-0.2, -0.15) is 10.4 Å². The molecule has 8 heteroatoms. The largest absolute Gasteiger partial charge is 0.462 e. The Balaban J connectivity index is 1.67. The van der Waals surface area contributed by atoms with Crippen LogP contribution in [0.5, 0.6) is 11.5 Å². The van der Waals surface area contributed by atoms with E-state index in [4.69, 9.17) is 15.2 Å². The molecule has 0 radical (unpaired) electrons. The van der Waals surface area contributed by atoms with E-state index in [1.807, 2.05) is 54.6 Å². The van der Waals surface area contributed by atoms with Gasteiger partial charge in [-0.3, -0.25) is 0 Å². The van der Waals surface area contributed by atoms with Crippen molar-refractivity contribution in [2.45, 2.75) is 6.92 Å². The first-order valence-electron chi connectivity index (χ1n) is 9.57. The van der Waals surface area contributed by atoms with Gasteiger partial charge in [-0.1, -0.05) is 18.2 Å². The standard InChI is InChI=1S/C23H19N5O3/c1-2-30-23(29)19-14-28-22(20(19)25)21(15(12-24)13-26-28)27-16-8-10-18(11-9-16)31-17-6-4-3-5-7-17/h3-11,13-14,27H,2,25H2,1H3. The molecule has 0 aliphatic heterocycles. The van der Waals surface area contributed by atoms with Crippen LogP contribution in [0, 0.1) is 11.3 Å². The monoisotopic (exact) mass is 413 g/mol. The quantitative estimate of drug-likeness (QED) is 0.447. The molecule has 0 aliphatic rings. The number of carbonyl (C=O) groups is 1. The van der Waals surface area contributed by atoms with Gasteiger partial charge in [0.15, 0.2) is 0 Å². The minimum atomic E-state index is -0.544. The molecule has 2 aromatic carbocycles. The van der Waals surface area contributed by atoms with Gasteiger partial charge in [0.05, 0.1) is 29.7 Å². The van der Waals surface area contributed by atoms with E-state index in [-0.39, 0.29) is 23.4 Å². The number of nitrogen functional groups attached to an aromatic ring is 1. The Morgan fingerprint density at radius 1 is 1.16 bits per heavy atom. The van der Waals surface area contributed by atoms with Crippen molar-refractivity contribution in [1.29, 1.82) is 5.26 Å². The zero-order valence-electron chi connectivity index (χ0n) is 16.7. The van der Waals surface area contributed by atoms with Crippen LogP contribution in [0.25, 0.3) is 5.52 Å². The molecule has 4 aromatic rings. The van der Waals surface area contributed by atoms with Crippen molar-refractivity contribution in [3.63, 3.8) is 0 Å². The number of nitrogens with zero attached hydrogens (tertiary/aromatic N) is 3. The molecule has 0 spiro atoms. The molecule has 4 rings (SSSR count). The molecule has 31 heavy (non-hydrogen) atoms. The minimum Gasteiger partial charge on any atom is -0.462 e. The summed E-state index contributed by atoms with van der Waals surface area (Å²) in [6, 6.07) is 18.8. The van der Waals surface area contributed by atoms with Crippen LogP contribution in [0.4, 0.5) is 17.1 Å². The van der Waals surface area contributed by atoms with Gasteiger partial charge in [0, 0.05) is 11.9 Å². The molecule has 0 aliphatic carbocycles. The maximum Gasteiger partial charge on any atom is 0.341 e. The third-order valence-corrected chi connectivity index (χ3v) is 4.56. The van der Waals surface area contributed by atoms with Gasteiger partial charge in [0.2, 0.25) is 0 Å². The average Bonchev–Trinajstić information content (AvgIpc) is 3.13. The van der Waals surface area contributed by atoms with Crippen molar-refractivity contribution < 1.29 is 14.3 Å².